The summed E-state index contributed by atoms with van der Waals surface area (Å²) in [6.07, 6.45) is 5.29. The van der Waals surface area contributed by atoms with Crippen molar-refractivity contribution in [1.82, 2.24) is 15.0 Å². The number of nitrogens with zero attached hydrogens (tertiary/aromatic N) is 3. The molecule has 3 aromatic heterocycles. The van der Waals surface area contributed by atoms with E-state index in [0.29, 0.717) is 0 Å². The third-order valence-corrected chi connectivity index (χ3v) is 3.47. The number of aryl methyl sites for hydroxylation is 1. The van der Waals surface area contributed by atoms with Gasteiger partial charge in [0.2, 0.25) is 0 Å². The van der Waals surface area contributed by atoms with E-state index in [1.165, 1.54) is 10.1 Å². The molecular formula is C10H7N3S. The summed E-state index contributed by atoms with van der Waals surface area (Å²) in [5.41, 5.74) is 2.08. The first-order chi connectivity index (χ1) is 6.86. The van der Waals surface area contributed by atoms with Crippen LogP contribution in [0.2, 0.25) is 0 Å². The molecule has 0 aliphatic carbocycles. The zero-order valence-electron chi connectivity index (χ0n) is 7.56. The average molecular weight is 201 g/mol. The van der Waals surface area contributed by atoms with E-state index >= 15 is 0 Å². The normalized spacial score (nSPS) is 11.2. The Labute approximate surface area is 84.5 Å². The highest BCUT2D eigenvalue weighted by atomic mass is 32.1. The second kappa shape index (κ2) is 2.72. The van der Waals surface area contributed by atoms with Gasteiger partial charge in [0.15, 0.2) is 0 Å². The zero-order valence-corrected chi connectivity index (χ0v) is 8.38. The summed E-state index contributed by atoms with van der Waals surface area (Å²) in [6.45, 7) is 2.01. The molecule has 0 saturated heterocycles. The molecule has 0 fully saturated rings. The van der Waals surface area contributed by atoms with Gasteiger partial charge in [-0.1, -0.05) is 0 Å². The van der Waals surface area contributed by atoms with Gasteiger partial charge in [-0.25, -0.2) is 9.97 Å². The molecule has 3 heterocycles. The topological polar surface area (TPSA) is 38.7 Å². The SMILES string of the molecule is Cc1ncnc2c1sc1cnccc12. The summed E-state index contributed by atoms with van der Waals surface area (Å²) in [7, 11) is 0. The highest BCUT2D eigenvalue weighted by Gasteiger charge is 2.07. The van der Waals surface area contributed by atoms with E-state index in [2.05, 4.69) is 15.0 Å². The van der Waals surface area contributed by atoms with E-state index in [9.17, 15) is 0 Å². The maximum Gasteiger partial charge on any atom is 0.116 e. The molecule has 0 saturated carbocycles. The van der Waals surface area contributed by atoms with Crippen LogP contribution < -0.4 is 0 Å². The lowest BCUT2D eigenvalue weighted by Gasteiger charge is -1.91. The summed E-state index contributed by atoms with van der Waals surface area (Å²) < 4.78 is 2.33. The van der Waals surface area contributed by atoms with Crippen LogP contribution in [0.5, 0.6) is 0 Å². The zero-order chi connectivity index (χ0) is 9.54. The molecule has 0 amide bonds. The van der Waals surface area contributed by atoms with Gasteiger partial charge in [-0.2, -0.15) is 0 Å². The van der Waals surface area contributed by atoms with Gasteiger partial charge in [0.05, 0.1) is 20.6 Å². The Hall–Kier alpha value is -1.55. The summed E-state index contributed by atoms with van der Waals surface area (Å²) in [5.74, 6) is 0. The number of rotatable bonds is 0. The second-order valence-electron chi connectivity index (χ2n) is 3.11. The number of hydrogen-bond acceptors (Lipinski definition) is 4. The van der Waals surface area contributed by atoms with Gasteiger partial charge >= 0.3 is 0 Å². The summed E-state index contributed by atoms with van der Waals surface area (Å²) in [5, 5.41) is 1.17. The summed E-state index contributed by atoms with van der Waals surface area (Å²) >= 11 is 1.70. The van der Waals surface area contributed by atoms with Crippen LogP contribution in [0.4, 0.5) is 0 Å². The molecule has 0 aliphatic heterocycles. The Morgan fingerprint density at radius 3 is 3.14 bits per heavy atom. The van der Waals surface area contributed by atoms with Crippen LogP contribution in [-0.2, 0) is 0 Å². The molecule has 68 valence electrons. The van der Waals surface area contributed by atoms with Crippen LogP contribution in [-0.4, -0.2) is 15.0 Å². The van der Waals surface area contributed by atoms with Gasteiger partial charge < -0.3 is 0 Å². The Morgan fingerprint density at radius 2 is 2.21 bits per heavy atom. The molecule has 0 aliphatic rings. The van der Waals surface area contributed by atoms with Crippen molar-refractivity contribution in [3.05, 3.63) is 30.5 Å². The van der Waals surface area contributed by atoms with Crippen molar-refractivity contribution in [1.29, 1.82) is 0 Å². The number of hydrogen-bond donors (Lipinski definition) is 0. The fourth-order valence-electron chi connectivity index (χ4n) is 1.54. The first-order valence-electron chi connectivity index (χ1n) is 4.30. The van der Waals surface area contributed by atoms with Crippen molar-refractivity contribution in [2.45, 2.75) is 6.92 Å². The van der Waals surface area contributed by atoms with Gasteiger partial charge in [-0.3, -0.25) is 4.98 Å². The Kier molecular flexibility index (Phi) is 1.52. The van der Waals surface area contributed by atoms with Crippen molar-refractivity contribution in [2.24, 2.45) is 0 Å². The minimum absolute atomic E-state index is 1.04. The highest BCUT2D eigenvalue weighted by molar-refractivity contribution is 7.25. The third-order valence-electron chi connectivity index (χ3n) is 2.23. The van der Waals surface area contributed by atoms with E-state index in [-0.39, 0.29) is 0 Å². The first kappa shape index (κ1) is 7.82. The monoisotopic (exact) mass is 201 g/mol. The van der Waals surface area contributed by atoms with Gasteiger partial charge in [0, 0.05) is 17.8 Å². The van der Waals surface area contributed by atoms with Crippen molar-refractivity contribution in [2.75, 3.05) is 0 Å². The van der Waals surface area contributed by atoms with Crippen LogP contribution in [0.25, 0.3) is 20.3 Å². The fourth-order valence-corrected chi connectivity index (χ4v) is 2.61. The number of pyridine rings is 1. The molecule has 0 atom stereocenters. The molecule has 0 spiro atoms. The molecule has 0 aromatic carbocycles. The van der Waals surface area contributed by atoms with Crippen LogP contribution >= 0.6 is 11.3 Å². The van der Waals surface area contributed by atoms with Crippen LogP contribution in [0.3, 0.4) is 0 Å². The lowest BCUT2D eigenvalue weighted by atomic mass is 10.3. The molecule has 3 rings (SSSR count). The van der Waals surface area contributed by atoms with Crippen molar-refractivity contribution in [3.63, 3.8) is 0 Å². The van der Waals surface area contributed by atoms with Crippen molar-refractivity contribution < 1.29 is 0 Å². The van der Waals surface area contributed by atoms with Crippen molar-refractivity contribution in [3.8, 4) is 0 Å². The van der Waals surface area contributed by atoms with Crippen LogP contribution in [0.1, 0.15) is 5.69 Å². The van der Waals surface area contributed by atoms with E-state index < -0.39 is 0 Å². The van der Waals surface area contributed by atoms with Gasteiger partial charge in [0.25, 0.3) is 0 Å². The van der Waals surface area contributed by atoms with Gasteiger partial charge in [-0.05, 0) is 13.0 Å². The number of fused-ring (bicyclic) bond motifs is 3. The standard InChI is InChI=1S/C10H7N3S/c1-6-10-9(13-5-12-6)7-2-3-11-4-8(7)14-10/h2-5H,1H3. The Bertz CT molecular complexity index is 615. The fraction of sp³-hybridized carbons (Fsp3) is 0.100. The van der Waals surface area contributed by atoms with E-state index in [1.807, 2.05) is 19.2 Å². The number of thiophene rings is 1. The van der Waals surface area contributed by atoms with E-state index in [1.54, 1.807) is 23.9 Å². The lowest BCUT2D eigenvalue weighted by molar-refractivity contribution is 1.16. The minimum atomic E-state index is 1.04. The molecular weight excluding hydrogens is 194 g/mol. The summed E-state index contributed by atoms with van der Waals surface area (Å²) in [6, 6.07) is 2.00. The largest absolute Gasteiger partial charge is 0.263 e. The van der Waals surface area contributed by atoms with E-state index in [4.69, 9.17) is 0 Å². The quantitative estimate of drug-likeness (QED) is 0.561. The molecule has 0 unspecified atom stereocenters. The molecule has 0 N–H and O–H groups in total. The smallest absolute Gasteiger partial charge is 0.116 e. The molecule has 0 bridgehead atoms. The Morgan fingerprint density at radius 1 is 1.29 bits per heavy atom. The van der Waals surface area contributed by atoms with Crippen LogP contribution in [0.15, 0.2) is 24.8 Å². The summed E-state index contributed by atoms with van der Waals surface area (Å²) in [4.78, 5) is 12.6. The molecule has 3 nitrogen and oxygen atoms in total. The highest BCUT2D eigenvalue weighted by Crippen LogP contribution is 2.32. The maximum atomic E-state index is 4.30. The Balaban J connectivity index is 2.63. The number of aromatic nitrogens is 3. The predicted molar refractivity (Wildman–Crippen MR) is 57.5 cm³/mol. The molecule has 14 heavy (non-hydrogen) atoms. The van der Waals surface area contributed by atoms with Crippen LogP contribution in [0, 0.1) is 6.92 Å². The lowest BCUT2D eigenvalue weighted by Crippen LogP contribution is -1.82. The molecule has 3 aromatic rings. The molecule has 4 heteroatoms. The first-order valence-corrected chi connectivity index (χ1v) is 5.12. The average Bonchev–Trinajstić information content (AvgIpc) is 2.59. The minimum Gasteiger partial charge on any atom is -0.263 e. The van der Waals surface area contributed by atoms with Gasteiger partial charge in [-0.15, -0.1) is 11.3 Å². The predicted octanol–water partition coefficient (Wildman–Crippen LogP) is 2.55. The second-order valence-corrected chi connectivity index (χ2v) is 4.16. The maximum absolute atomic E-state index is 4.30. The van der Waals surface area contributed by atoms with Gasteiger partial charge in [0.1, 0.15) is 6.33 Å². The van der Waals surface area contributed by atoms with E-state index in [0.717, 1.165) is 15.9 Å². The van der Waals surface area contributed by atoms with Crippen molar-refractivity contribution >= 4 is 31.6 Å². The molecule has 0 radical (unpaired) electrons. The third kappa shape index (κ3) is 0.943.